The SMILES string of the molecule is NCC(c1cccnc1)N1CCCC2CCCCC21. The smallest absolute Gasteiger partial charge is 0.0488 e. The van der Waals surface area contributed by atoms with Crippen LogP contribution >= 0.6 is 0 Å². The molecule has 1 aliphatic carbocycles. The molecule has 104 valence electrons. The molecule has 2 heterocycles. The van der Waals surface area contributed by atoms with Crippen molar-refractivity contribution in [2.24, 2.45) is 11.7 Å². The molecule has 0 aromatic carbocycles. The van der Waals surface area contributed by atoms with Crippen LogP contribution in [0, 0.1) is 5.92 Å². The molecule has 3 rings (SSSR count). The first kappa shape index (κ1) is 13.1. The van der Waals surface area contributed by atoms with Crippen LogP contribution in [0.15, 0.2) is 24.5 Å². The Kier molecular flexibility index (Phi) is 4.14. The average Bonchev–Trinajstić information content (AvgIpc) is 2.49. The van der Waals surface area contributed by atoms with Crippen LogP contribution in [-0.2, 0) is 0 Å². The lowest BCUT2D eigenvalue weighted by molar-refractivity contribution is 0.0275. The van der Waals surface area contributed by atoms with E-state index >= 15 is 0 Å². The van der Waals surface area contributed by atoms with E-state index in [1.54, 1.807) is 0 Å². The van der Waals surface area contributed by atoms with E-state index in [4.69, 9.17) is 5.73 Å². The van der Waals surface area contributed by atoms with Crippen molar-refractivity contribution in [3.05, 3.63) is 30.1 Å². The molecule has 3 atom stereocenters. The van der Waals surface area contributed by atoms with Crippen molar-refractivity contribution in [1.29, 1.82) is 0 Å². The van der Waals surface area contributed by atoms with Gasteiger partial charge in [-0.05, 0) is 49.8 Å². The summed E-state index contributed by atoms with van der Waals surface area (Å²) >= 11 is 0. The molecule has 0 spiro atoms. The van der Waals surface area contributed by atoms with E-state index in [0.29, 0.717) is 12.6 Å². The van der Waals surface area contributed by atoms with Crippen LogP contribution in [0.25, 0.3) is 0 Å². The monoisotopic (exact) mass is 259 g/mol. The van der Waals surface area contributed by atoms with Crippen LogP contribution in [0.4, 0.5) is 0 Å². The third-order valence-electron chi connectivity index (χ3n) is 4.98. The van der Waals surface area contributed by atoms with E-state index in [1.165, 1.54) is 50.6 Å². The van der Waals surface area contributed by atoms with Gasteiger partial charge < -0.3 is 5.73 Å². The predicted octanol–water partition coefficient (Wildman–Crippen LogP) is 2.74. The first-order valence-electron chi connectivity index (χ1n) is 7.76. The van der Waals surface area contributed by atoms with Gasteiger partial charge in [0.15, 0.2) is 0 Å². The molecule has 1 aliphatic heterocycles. The zero-order chi connectivity index (χ0) is 13.1. The number of aromatic nitrogens is 1. The Morgan fingerprint density at radius 1 is 1.26 bits per heavy atom. The van der Waals surface area contributed by atoms with Gasteiger partial charge in [0.25, 0.3) is 0 Å². The third-order valence-corrected chi connectivity index (χ3v) is 4.98. The topological polar surface area (TPSA) is 42.1 Å². The van der Waals surface area contributed by atoms with E-state index in [9.17, 15) is 0 Å². The number of rotatable bonds is 3. The minimum atomic E-state index is 0.361. The van der Waals surface area contributed by atoms with Crippen LogP contribution in [0.3, 0.4) is 0 Å². The predicted molar refractivity (Wildman–Crippen MR) is 77.7 cm³/mol. The fourth-order valence-electron chi connectivity index (χ4n) is 4.09. The minimum absolute atomic E-state index is 0.361. The van der Waals surface area contributed by atoms with Gasteiger partial charge in [0.1, 0.15) is 0 Å². The molecule has 2 N–H and O–H groups in total. The first-order chi connectivity index (χ1) is 9.40. The normalized spacial score (nSPS) is 29.7. The fourth-order valence-corrected chi connectivity index (χ4v) is 4.09. The summed E-state index contributed by atoms with van der Waals surface area (Å²) in [7, 11) is 0. The van der Waals surface area contributed by atoms with Gasteiger partial charge in [-0.1, -0.05) is 18.9 Å². The Labute approximate surface area is 116 Å². The van der Waals surface area contributed by atoms with Gasteiger partial charge in [-0.2, -0.15) is 0 Å². The first-order valence-corrected chi connectivity index (χ1v) is 7.76. The zero-order valence-corrected chi connectivity index (χ0v) is 11.7. The Balaban J connectivity index is 1.81. The molecule has 2 fully saturated rings. The van der Waals surface area contributed by atoms with Crippen molar-refractivity contribution < 1.29 is 0 Å². The second-order valence-corrected chi connectivity index (χ2v) is 6.03. The molecular formula is C16H25N3. The molecule has 1 saturated carbocycles. The van der Waals surface area contributed by atoms with Crippen LogP contribution in [-0.4, -0.2) is 29.0 Å². The molecular weight excluding hydrogens is 234 g/mol. The molecule has 3 heteroatoms. The van der Waals surface area contributed by atoms with Crippen molar-refractivity contribution in [3.8, 4) is 0 Å². The van der Waals surface area contributed by atoms with Crippen LogP contribution in [0.5, 0.6) is 0 Å². The summed E-state index contributed by atoms with van der Waals surface area (Å²) in [6.45, 7) is 1.91. The van der Waals surface area contributed by atoms with Gasteiger partial charge >= 0.3 is 0 Å². The standard InChI is InChI=1S/C16H25N3/c17-11-16(14-6-3-9-18-12-14)19-10-4-7-13-5-1-2-8-15(13)19/h3,6,9,12-13,15-16H,1-2,4-5,7-8,10-11,17H2. The molecule has 0 bridgehead atoms. The number of piperidine rings is 1. The van der Waals surface area contributed by atoms with Crippen molar-refractivity contribution in [2.45, 2.75) is 50.6 Å². The van der Waals surface area contributed by atoms with E-state index in [0.717, 1.165) is 12.0 Å². The maximum Gasteiger partial charge on any atom is 0.0488 e. The van der Waals surface area contributed by atoms with E-state index in [1.807, 2.05) is 18.5 Å². The zero-order valence-electron chi connectivity index (χ0n) is 11.7. The molecule has 2 aliphatic rings. The van der Waals surface area contributed by atoms with Gasteiger partial charge in [-0.15, -0.1) is 0 Å². The largest absolute Gasteiger partial charge is 0.329 e. The highest BCUT2D eigenvalue weighted by atomic mass is 15.2. The molecule has 1 saturated heterocycles. The Morgan fingerprint density at radius 3 is 2.89 bits per heavy atom. The summed E-state index contributed by atoms with van der Waals surface area (Å²) in [6.07, 6.45) is 12.2. The average molecular weight is 259 g/mol. The number of nitrogens with two attached hydrogens (primary N) is 1. The minimum Gasteiger partial charge on any atom is -0.329 e. The number of hydrogen-bond donors (Lipinski definition) is 1. The van der Waals surface area contributed by atoms with E-state index in [-0.39, 0.29) is 0 Å². The highest BCUT2D eigenvalue weighted by Gasteiger charge is 2.36. The maximum atomic E-state index is 6.09. The van der Waals surface area contributed by atoms with Gasteiger partial charge in [0.2, 0.25) is 0 Å². The highest BCUT2D eigenvalue weighted by Crippen LogP contribution is 2.38. The lowest BCUT2D eigenvalue weighted by Crippen LogP contribution is -2.50. The summed E-state index contributed by atoms with van der Waals surface area (Å²) < 4.78 is 0. The molecule has 3 nitrogen and oxygen atoms in total. The lowest BCUT2D eigenvalue weighted by atomic mass is 9.77. The molecule has 1 aromatic rings. The third kappa shape index (κ3) is 2.67. The summed E-state index contributed by atoms with van der Waals surface area (Å²) in [4.78, 5) is 6.96. The molecule has 0 amide bonds. The van der Waals surface area contributed by atoms with E-state index < -0.39 is 0 Å². The quantitative estimate of drug-likeness (QED) is 0.907. The number of fused-ring (bicyclic) bond motifs is 1. The van der Waals surface area contributed by atoms with E-state index in [2.05, 4.69) is 16.0 Å². The highest BCUT2D eigenvalue weighted by molar-refractivity contribution is 5.15. The number of likely N-dealkylation sites (tertiary alicyclic amines) is 1. The van der Waals surface area contributed by atoms with Crippen LogP contribution < -0.4 is 5.73 Å². The summed E-state index contributed by atoms with van der Waals surface area (Å²) in [5.74, 6) is 0.910. The Hall–Kier alpha value is -0.930. The summed E-state index contributed by atoms with van der Waals surface area (Å²) in [6, 6.07) is 5.33. The van der Waals surface area contributed by atoms with Crippen molar-refractivity contribution >= 4 is 0 Å². The number of nitrogens with zero attached hydrogens (tertiary/aromatic N) is 2. The molecule has 0 radical (unpaired) electrons. The summed E-state index contributed by atoms with van der Waals surface area (Å²) in [5.41, 5.74) is 7.38. The van der Waals surface area contributed by atoms with Gasteiger partial charge in [-0.3, -0.25) is 9.88 Å². The molecule has 19 heavy (non-hydrogen) atoms. The summed E-state index contributed by atoms with van der Waals surface area (Å²) in [5, 5.41) is 0. The molecule has 1 aromatic heterocycles. The maximum absolute atomic E-state index is 6.09. The Morgan fingerprint density at radius 2 is 2.11 bits per heavy atom. The number of pyridine rings is 1. The Bertz CT molecular complexity index is 390. The van der Waals surface area contributed by atoms with Crippen LogP contribution in [0.1, 0.15) is 50.1 Å². The van der Waals surface area contributed by atoms with Crippen molar-refractivity contribution in [1.82, 2.24) is 9.88 Å². The van der Waals surface area contributed by atoms with Crippen LogP contribution in [0.2, 0.25) is 0 Å². The fraction of sp³-hybridized carbons (Fsp3) is 0.688. The second kappa shape index (κ2) is 6.02. The van der Waals surface area contributed by atoms with Crippen molar-refractivity contribution in [3.63, 3.8) is 0 Å². The van der Waals surface area contributed by atoms with Crippen molar-refractivity contribution in [2.75, 3.05) is 13.1 Å². The van der Waals surface area contributed by atoms with Gasteiger partial charge in [0.05, 0.1) is 0 Å². The number of hydrogen-bond acceptors (Lipinski definition) is 3. The molecule has 3 unspecified atom stereocenters. The lowest BCUT2D eigenvalue weighted by Gasteiger charge is -2.47. The second-order valence-electron chi connectivity index (χ2n) is 6.03. The van der Waals surface area contributed by atoms with Gasteiger partial charge in [0, 0.05) is 31.0 Å². The van der Waals surface area contributed by atoms with Gasteiger partial charge in [-0.25, -0.2) is 0 Å².